The number of benzene rings is 2. The number of ether oxygens (including phenoxy) is 2. The Balaban J connectivity index is 2.31. The summed E-state index contributed by atoms with van der Waals surface area (Å²) in [5.74, 6) is 1.32. The predicted octanol–water partition coefficient (Wildman–Crippen LogP) is 4.56. The molecule has 0 saturated carbocycles. The van der Waals surface area contributed by atoms with Gasteiger partial charge in [-0.3, -0.25) is 9.10 Å². The molecular formula is C25H36N2O5S. The first-order valence-corrected chi connectivity index (χ1v) is 13.0. The molecule has 0 spiro atoms. The molecule has 0 aliphatic rings. The van der Waals surface area contributed by atoms with E-state index in [4.69, 9.17) is 9.47 Å². The summed E-state index contributed by atoms with van der Waals surface area (Å²) in [6.45, 7) is 12.0. The van der Waals surface area contributed by atoms with Crippen LogP contribution < -0.4 is 19.1 Å². The number of hydrogen-bond acceptors (Lipinski definition) is 5. The lowest BCUT2D eigenvalue weighted by molar-refractivity contribution is -0.122. The second-order valence-electron chi connectivity index (χ2n) is 8.50. The van der Waals surface area contributed by atoms with Crippen LogP contribution in [0.1, 0.15) is 63.3 Å². The van der Waals surface area contributed by atoms with Crippen molar-refractivity contribution in [3.63, 3.8) is 0 Å². The SMILES string of the molecule is CCOc1ccc(N([C@H](C)C(=O)N[C@@H](C)c2cc(C(C)C)c(OC)cc2C)S(C)(=O)=O)cc1. The fourth-order valence-corrected chi connectivity index (χ4v) is 5.06. The molecule has 2 aromatic rings. The fraction of sp³-hybridized carbons (Fsp3) is 0.480. The van der Waals surface area contributed by atoms with Gasteiger partial charge < -0.3 is 14.8 Å². The number of rotatable bonds is 10. The number of nitrogens with one attached hydrogen (secondary N) is 1. The van der Waals surface area contributed by atoms with E-state index in [9.17, 15) is 13.2 Å². The van der Waals surface area contributed by atoms with Crippen LogP contribution in [-0.4, -0.2) is 40.3 Å². The topological polar surface area (TPSA) is 84.9 Å². The molecule has 1 N–H and O–H groups in total. The third-order valence-electron chi connectivity index (χ3n) is 5.56. The summed E-state index contributed by atoms with van der Waals surface area (Å²) in [5, 5.41) is 2.98. The van der Waals surface area contributed by atoms with Crippen LogP contribution in [0.3, 0.4) is 0 Å². The van der Waals surface area contributed by atoms with Crippen LogP contribution in [0.5, 0.6) is 11.5 Å². The van der Waals surface area contributed by atoms with Gasteiger partial charge in [-0.25, -0.2) is 8.42 Å². The summed E-state index contributed by atoms with van der Waals surface area (Å²) < 4.78 is 37.3. The third-order valence-corrected chi connectivity index (χ3v) is 6.80. The summed E-state index contributed by atoms with van der Waals surface area (Å²) >= 11 is 0. The van der Waals surface area contributed by atoms with Gasteiger partial charge in [0.15, 0.2) is 0 Å². The molecule has 0 fully saturated rings. The van der Waals surface area contributed by atoms with Crippen molar-refractivity contribution >= 4 is 21.6 Å². The van der Waals surface area contributed by atoms with Crippen LogP contribution in [0.15, 0.2) is 36.4 Å². The van der Waals surface area contributed by atoms with Gasteiger partial charge in [0.05, 0.1) is 31.7 Å². The Labute approximate surface area is 198 Å². The Kier molecular flexibility index (Phi) is 8.77. The zero-order valence-corrected chi connectivity index (χ0v) is 21.6. The Morgan fingerprint density at radius 1 is 1.06 bits per heavy atom. The molecule has 33 heavy (non-hydrogen) atoms. The van der Waals surface area contributed by atoms with Crippen molar-refractivity contribution in [2.45, 2.75) is 59.5 Å². The van der Waals surface area contributed by atoms with Gasteiger partial charge in [0.25, 0.3) is 0 Å². The average Bonchev–Trinajstić information content (AvgIpc) is 2.73. The molecule has 1 amide bonds. The number of sulfonamides is 1. The normalized spacial score (nSPS) is 13.4. The fourth-order valence-electron chi connectivity index (χ4n) is 3.89. The zero-order valence-electron chi connectivity index (χ0n) is 20.8. The highest BCUT2D eigenvalue weighted by Crippen LogP contribution is 2.32. The first kappa shape index (κ1) is 26.5. The highest BCUT2D eigenvalue weighted by atomic mass is 32.2. The number of methoxy groups -OCH3 is 1. The summed E-state index contributed by atoms with van der Waals surface area (Å²) in [6.07, 6.45) is 1.10. The molecule has 0 heterocycles. The molecule has 0 aromatic heterocycles. The van der Waals surface area contributed by atoms with Gasteiger partial charge in [0.2, 0.25) is 15.9 Å². The van der Waals surface area contributed by atoms with E-state index >= 15 is 0 Å². The number of hydrogen-bond donors (Lipinski definition) is 1. The van der Waals surface area contributed by atoms with E-state index in [1.165, 1.54) is 0 Å². The Bertz CT molecular complexity index is 1060. The number of nitrogens with zero attached hydrogens (tertiary/aromatic N) is 1. The maximum Gasteiger partial charge on any atom is 0.244 e. The predicted molar refractivity (Wildman–Crippen MR) is 133 cm³/mol. The van der Waals surface area contributed by atoms with Crippen LogP contribution in [-0.2, 0) is 14.8 Å². The van der Waals surface area contributed by atoms with Crippen LogP contribution in [0.25, 0.3) is 0 Å². The van der Waals surface area contributed by atoms with Crippen LogP contribution >= 0.6 is 0 Å². The lowest BCUT2D eigenvalue weighted by atomic mass is 9.93. The van der Waals surface area contributed by atoms with E-state index in [0.717, 1.165) is 33.0 Å². The summed E-state index contributed by atoms with van der Waals surface area (Å²) in [5.41, 5.74) is 3.41. The van der Waals surface area contributed by atoms with Crippen molar-refractivity contribution in [2.24, 2.45) is 0 Å². The monoisotopic (exact) mass is 476 g/mol. The maximum atomic E-state index is 13.1. The quantitative estimate of drug-likeness (QED) is 0.543. The lowest BCUT2D eigenvalue weighted by Gasteiger charge is -2.30. The zero-order chi connectivity index (χ0) is 24.9. The molecule has 2 rings (SSSR count). The van der Waals surface area contributed by atoms with Crippen LogP contribution in [0, 0.1) is 6.92 Å². The van der Waals surface area contributed by atoms with E-state index in [1.54, 1.807) is 38.3 Å². The molecule has 182 valence electrons. The number of amides is 1. The van der Waals surface area contributed by atoms with Gasteiger partial charge >= 0.3 is 0 Å². The van der Waals surface area contributed by atoms with Gasteiger partial charge in [-0.05, 0) is 86.7 Å². The first-order chi connectivity index (χ1) is 15.4. The molecular weight excluding hydrogens is 440 g/mol. The Morgan fingerprint density at radius 3 is 2.15 bits per heavy atom. The maximum absolute atomic E-state index is 13.1. The second-order valence-corrected chi connectivity index (χ2v) is 10.4. The van der Waals surface area contributed by atoms with Gasteiger partial charge in [0.1, 0.15) is 17.5 Å². The van der Waals surface area contributed by atoms with Crippen molar-refractivity contribution in [1.29, 1.82) is 0 Å². The standard InChI is InChI=1S/C25H36N2O5S/c1-9-32-21-12-10-20(11-13-21)27(33(8,29)30)19(6)25(28)26-18(5)23-15-22(16(2)3)24(31-7)14-17(23)4/h10-16,18-19H,9H2,1-8H3,(H,26,28)/t18-,19+/m0/s1. The molecule has 0 radical (unpaired) electrons. The van der Waals surface area contributed by atoms with Crippen LogP contribution in [0.4, 0.5) is 5.69 Å². The van der Waals surface area contributed by atoms with Gasteiger partial charge in [-0.15, -0.1) is 0 Å². The number of aryl methyl sites for hydroxylation is 1. The minimum Gasteiger partial charge on any atom is -0.496 e. The molecule has 0 unspecified atom stereocenters. The van der Waals surface area contributed by atoms with E-state index in [-0.39, 0.29) is 17.9 Å². The molecule has 8 heteroatoms. The Morgan fingerprint density at radius 2 is 1.67 bits per heavy atom. The largest absolute Gasteiger partial charge is 0.496 e. The van der Waals surface area contributed by atoms with Gasteiger partial charge in [0, 0.05) is 0 Å². The highest BCUT2D eigenvalue weighted by molar-refractivity contribution is 7.92. The summed E-state index contributed by atoms with van der Waals surface area (Å²) in [4.78, 5) is 13.1. The second kappa shape index (κ2) is 10.9. The molecule has 0 aliphatic heterocycles. The molecule has 7 nitrogen and oxygen atoms in total. The van der Waals surface area contributed by atoms with E-state index in [0.29, 0.717) is 18.0 Å². The lowest BCUT2D eigenvalue weighted by Crippen LogP contribution is -2.48. The Hall–Kier alpha value is -2.74. The number of anilines is 1. The minimum atomic E-state index is -3.71. The number of carbonyl (C=O) groups excluding carboxylic acids is 1. The van der Waals surface area contributed by atoms with Crippen molar-refractivity contribution in [3.05, 3.63) is 53.1 Å². The molecule has 2 atom stereocenters. The average molecular weight is 477 g/mol. The van der Waals surface area contributed by atoms with E-state index in [2.05, 4.69) is 25.2 Å². The molecule has 0 aliphatic carbocycles. The molecule has 0 saturated heterocycles. The minimum absolute atomic E-state index is 0.251. The molecule has 0 bridgehead atoms. The molecule has 2 aromatic carbocycles. The highest BCUT2D eigenvalue weighted by Gasteiger charge is 2.30. The van der Waals surface area contributed by atoms with Crippen molar-refractivity contribution in [2.75, 3.05) is 24.3 Å². The smallest absolute Gasteiger partial charge is 0.244 e. The third kappa shape index (κ3) is 6.41. The van der Waals surface area contributed by atoms with Crippen LogP contribution in [0.2, 0.25) is 0 Å². The summed E-state index contributed by atoms with van der Waals surface area (Å²) in [6, 6.07) is 9.43. The number of carbonyl (C=O) groups is 1. The van der Waals surface area contributed by atoms with Gasteiger partial charge in [-0.2, -0.15) is 0 Å². The van der Waals surface area contributed by atoms with Gasteiger partial charge in [-0.1, -0.05) is 13.8 Å². The van der Waals surface area contributed by atoms with E-state index < -0.39 is 16.1 Å². The van der Waals surface area contributed by atoms with Crippen molar-refractivity contribution in [3.8, 4) is 11.5 Å². The first-order valence-electron chi connectivity index (χ1n) is 11.1. The summed E-state index contributed by atoms with van der Waals surface area (Å²) in [7, 11) is -2.06. The van der Waals surface area contributed by atoms with E-state index in [1.807, 2.05) is 26.8 Å². The van der Waals surface area contributed by atoms with Crippen molar-refractivity contribution in [1.82, 2.24) is 5.32 Å². The van der Waals surface area contributed by atoms with Crippen molar-refractivity contribution < 1.29 is 22.7 Å².